The Morgan fingerprint density at radius 3 is 2.29 bits per heavy atom. The van der Waals surface area contributed by atoms with Gasteiger partial charge in [-0.1, -0.05) is 32.9 Å². The molecule has 2 rings (SSSR count). The van der Waals surface area contributed by atoms with Gasteiger partial charge in [0.15, 0.2) is 6.20 Å². The molecule has 0 N–H and O–H groups in total. The van der Waals surface area contributed by atoms with Crippen LogP contribution in [0.1, 0.15) is 54.6 Å². The second kappa shape index (κ2) is 7.64. The molecule has 0 saturated carbocycles. The van der Waals surface area contributed by atoms with Crippen molar-refractivity contribution in [2.45, 2.75) is 38.0 Å². The Kier molecular flexibility index (Phi) is 5.59. The largest absolute Gasteiger partial charge is 0.214 e. The van der Waals surface area contributed by atoms with Gasteiger partial charge in [0.1, 0.15) is 23.8 Å². The zero-order valence-corrected chi connectivity index (χ0v) is 14.7. The van der Waals surface area contributed by atoms with Crippen LogP contribution in [0.25, 0.3) is 0 Å². The van der Waals surface area contributed by atoms with E-state index < -0.39 is 0 Å². The van der Waals surface area contributed by atoms with Crippen LogP contribution in [-0.2, 0) is 6.42 Å². The van der Waals surface area contributed by atoms with E-state index in [1.807, 2.05) is 29.1 Å². The fourth-order valence-corrected chi connectivity index (χ4v) is 3.61. The molecule has 5 heteroatoms. The SMILES string of the molecule is CCc1c(C#N)c(C#N)cc[n+]1Sc1cccc(C(C)C)c1C#N. The number of hydrogen-bond acceptors (Lipinski definition) is 4. The molecule has 1 aromatic heterocycles. The molecule has 0 atom stereocenters. The van der Waals surface area contributed by atoms with Crippen molar-refractivity contribution in [2.75, 3.05) is 0 Å². The van der Waals surface area contributed by atoms with Crippen LogP contribution >= 0.6 is 11.9 Å². The van der Waals surface area contributed by atoms with Crippen molar-refractivity contribution in [3.05, 3.63) is 58.4 Å². The zero-order valence-electron chi connectivity index (χ0n) is 13.9. The minimum Gasteiger partial charge on any atom is -0.192 e. The Balaban J connectivity index is 2.59. The van der Waals surface area contributed by atoms with E-state index in [2.05, 4.69) is 32.1 Å². The van der Waals surface area contributed by atoms with Crippen LogP contribution in [0.15, 0.2) is 35.4 Å². The number of rotatable bonds is 4. The maximum absolute atomic E-state index is 9.57. The quantitative estimate of drug-likeness (QED) is 0.797. The predicted octanol–water partition coefficient (Wildman–Crippen LogP) is 3.83. The smallest absolute Gasteiger partial charge is 0.192 e. The second-order valence-corrected chi connectivity index (χ2v) is 6.55. The van der Waals surface area contributed by atoms with Crippen LogP contribution in [0.2, 0.25) is 0 Å². The van der Waals surface area contributed by atoms with E-state index in [0.29, 0.717) is 23.1 Å². The summed E-state index contributed by atoms with van der Waals surface area (Å²) in [5.41, 5.74) is 3.22. The first-order valence-corrected chi connectivity index (χ1v) is 8.43. The molecule has 1 heterocycles. The van der Waals surface area contributed by atoms with E-state index in [-0.39, 0.29) is 5.92 Å². The average Bonchev–Trinajstić information content (AvgIpc) is 2.60. The third-order valence-corrected chi connectivity index (χ3v) is 4.83. The lowest BCUT2D eigenvalue weighted by molar-refractivity contribution is -0.504. The summed E-state index contributed by atoms with van der Waals surface area (Å²) in [5.74, 6) is 0.256. The third kappa shape index (κ3) is 3.25. The Morgan fingerprint density at radius 2 is 1.75 bits per heavy atom. The number of aromatic nitrogens is 1. The van der Waals surface area contributed by atoms with Gasteiger partial charge in [0.05, 0.1) is 16.0 Å². The molecule has 0 bridgehead atoms. The summed E-state index contributed by atoms with van der Waals surface area (Å²) in [6, 6.07) is 14.0. The minimum absolute atomic E-state index is 0.256. The molecule has 0 fully saturated rings. The van der Waals surface area contributed by atoms with Gasteiger partial charge >= 0.3 is 0 Å². The van der Waals surface area contributed by atoms with Crippen LogP contribution in [0.3, 0.4) is 0 Å². The van der Waals surface area contributed by atoms with Gasteiger partial charge in [0.25, 0.3) is 0 Å². The average molecular weight is 333 g/mol. The molecule has 0 aliphatic heterocycles. The number of benzene rings is 1. The highest BCUT2D eigenvalue weighted by atomic mass is 32.2. The number of nitriles is 3. The van der Waals surface area contributed by atoms with Crippen molar-refractivity contribution in [1.29, 1.82) is 15.8 Å². The molecular formula is C19H17N4S+. The first-order valence-electron chi connectivity index (χ1n) is 7.66. The summed E-state index contributed by atoms with van der Waals surface area (Å²) < 4.78 is 1.87. The van der Waals surface area contributed by atoms with Gasteiger partial charge in [-0.2, -0.15) is 15.8 Å². The molecule has 0 amide bonds. The molecule has 24 heavy (non-hydrogen) atoms. The first kappa shape index (κ1) is 17.5. The van der Waals surface area contributed by atoms with Crippen molar-refractivity contribution in [3.63, 3.8) is 0 Å². The topological polar surface area (TPSA) is 75.2 Å². The van der Waals surface area contributed by atoms with Crippen LogP contribution in [-0.4, -0.2) is 0 Å². The summed E-state index contributed by atoms with van der Waals surface area (Å²) in [6.07, 6.45) is 2.41. The van der Waals surface area contributed by atoms with Gasteiger partial charge in [-0.25, -0.2) is 0 Å². The van der Waals surface area contributed by atoms with Gasteiger partial charge in [-0.15, -0.1) is 3.97 Å². The standard InChI is InChI=1S/C19H17N4S/c1-4-18-16(11-21)14(10-20)8-9-23(18)24-19-7-5-6-15(13(2)3)17(19)12-22/h5-9,13H,4H2,1-3H3/q+1. The van der Waals surface area contributed by atoms with Crippen molar-refractivity contribution >= 4 is 11.9 Å². The summed E-state index contributed by atoms with van der Waals surface area (Å²) >= 11 is 1.40. The highest BCUT2D eigenvalue weighted by Gasteiger charge is 2.23. The zero-order chi connectivity index (χ0) is 17.7. The number of nitrogens with zero attached hydrogens (tertiary/aromatic N) is 4. The Bertz CT molecular complexity index is 895. The van der Waals surface area contributed by atoms with Gasteiger partial charge in [-0.3, -0.25) is 0 Å². The van der Waals surface area contributed by atoms with E-state index in [1.165, 1.54) is 11.9 Å². The fourth-order valence-electron chi connectivity index (χ4n) is 2.55. The molecule has 0 spiro atoms. The first-order chi connectivity index (χ1) is 11.6. The van der Waals surface area contributed by atoms with Gasteiger partial charge in [-0.05, 0) is 17.5 Å². The summed E-state index contributed by atoms with van der Waals surface area (Å²) in [4.78, 5) is 0.844. The third-order valence-electron chi connectivity index (χ3n) is 3.76. The molecule has 2 aromatic rings. The van der Waals surface area contributed by atoms with Crippen LogP contribution < -0.4 is 3.97 Å². The van der Waals surface area contributed by atoms with Crippen LogP contribution in [0, 0.1) is 34.0 Å². The van der Waals surface area contributed by atoms with Gasteiger partial charge in [0.2, 0.25) is 17.6 Å². The summed E-state index contributed by atoms with van der Waals surface area (Å²) in [7, 11) is 0. The van der Waals surface area contributed by atoms with E-state index in [1.54, 1.807) is 12.3 Å². The monoisotopic (exact) mass is 333 g/mol. The summed E-state index contributed by atoms with van der Waals surface area (Å²) in [5, 5.41) is 28.1. The van der Waals surface area contributed by atoms with Crippen molar-refractivity contribution in [2.24, 2.45) is 0 Å². The number of hydrogen-bond donors (Lipinski definition) is 0. The van der Waals surface area contributed by atoms with E-state index >= 15 is 0 Å². The minimum atomic E-state index is 0.256. The molecule has 0 saturated heterocycles. The normalized spacial score (nSPS) is 10.0. The second-order valence-electron chi connectivity index (χ2n) is 5.53. The summed E-state index contributed by atoms with van der Waals surface area (Å²) in [6.45, 7) is 6.07. The fraction of sp³-hybridized carbons (Fsp3) is 0.263. The Labute approximate surface area is 146 Å². The molecule has 4 nitrogen and oxygen atoms in total. The molecule has 0 radical (unpaired) electrons. The lowest BCUT2D eigenvalue weighted by Gasteiger charge is -2.10. The lowest BCUT2D eigenvalue weighted by atomic mass is 9.98. The maximum atomic E-state index is 9.57. The van der Waals surface area contributed by atoms with Crippen LogP contribution in [0.5, 0.6) is 0 Å². The highest BCUT2D eigenvalue weighted by molar-refractivity contribution is 7.93. The Morgan fingerprint density at radius 1 is 1.04 bits per heavy atom. The van der Waals surface area contributed by atoms with Gasteiger partial charge < -0.3 is 0 Å². The van der Waals surface area contributed by atoms with E-state index in [4.69, 9.17) is 5.26 Å². The number of pyridine rings is 1. The van der Waals surface area contributed by atoms with Crippen molar-refractivity contribution in [1.82, 2.24) is 0 Å². The van der Waals surface area contributed by atoms with Gasteiger partial charge in [0, 0.05) is 12.5 Å². The molecule has 118 valence electrons. The highest BCUT2D eigenvalue weighted by Crippen LogP contribution is 2.28. The predicted molar refractivity (Wildman–Crippen MR) is 91.9 cm³/mol. The molecule has 1 aromatic carbocycles. The van der Waals surface area contributed by atoms with Crippen molar-refractivity contribution < 1.29 is 3.97 Å². The van der Waals surface area contributed by atoms with E-state index in [0.717, 1.165) is 16.2 Å². The molecular weight excluding hydrogens is 316 g/mol. The van der Waals surface area contributed by atoms with E-state index in [9.17, 15) is 10.5 Å². The Hall–Kier alpha value is -2.81. The maximum Gasteiger partial charge on any atom is 0.214 e. The molecule has 0 aliphatic carbocycles. The van der Waals surface area contributed by atoms with Crippen molar-refractivity contribution in [3.8, 4) is 18.2 Å². The lowest BCUT2D eigenvalue weighted by Crippen LogP contribution is -2.32. The molecule has 0 aliphatic rings. The van der Waals surface area contributed by atoms with Crippen LogP contribution in [0.4, 0.5) is 0 Å². The molecule has 0 unspecified atom stereocenters.